The molecule has 1 N–H and O–H groups in total. The topological polar surface area (TPSA) is 76.6 Å². The number of halogens is 2. The van der Waals surface area contributed by atoms with Gasteiger partial charge in [0, 0.05) is 37.2 Å². The normalized spacial score (nSPS) is 31.3. The smallest absolute Gasteiger partial charge is 0.395 e. The molecule has 4 aliphatic carbocycles. The van der Waals surface area contributed by atoms with E-state index in [0.29, 0.717) is 43.9 Å². The van der Waals surface area contributed by atoms with Crippen LogP contribution >= 0.6 is 0 Å². The third-order valence-corrected chi connectivity index (χ3v) is 8.95. The number of nitrogens with zero attached hydrogens (tertiary/aromatic N) is 3. The van der Waals surface area contributed by atoms with Gasteiger partial charge in [-0.25, -0.2) is 9.97 Å². The summed E-state index contributed by atoms with van der Waals surface area (Å²) in [7, 11) is 0. The van der Waals surface area contributed by atoms with Gasteiger partial charge in [-0.2, -0.15) is 0 Å². The van der Waals surface area contributed by atoms with E-state index in [4.69, 9.17) is 4.74 Å². The van der Waals surface area contributed by atoms with Gasteiger partial charge < -0.3 is 14.8 Å². The SMILES string of the molecule is O=C(CC12CC3CC(CC(C3)C1)C2)Nc1ncnc2c1CCN(Cc1cccc3c1OC(F)(F)O3)C2. The number of amides is 1. The zero-order valence-corrected chi connectivity index (χ0v) is 20.1. The molecule has 0 saturated heterocycles. The van der Waals surface area contributed by atoms with Gasteiger partial charge in [0.15, 0.2) is 11.5 Å². The Hall–Kier alpha value is -2.81. The Bertz CT molecular complexity index is 1180. The summed E-state index contributed by atoms with van der Waals surface area (Å²) in [5.74, 6) is 3.28. The summed E-state index contributed by atoms with van der Waals surface area (Å²) in [6.07, 6.45) is 6.83. The van der Waals surface area contributed by atoms with Crippen LogP contribution in [0, 0.1) is 23.2 Å². The van der Waals surface area contributed by atoms with Crippen molar-refractivity contribution in [1.29, 1.82) is 0 Å². The van der Waals surface area contributed by atoms with Crippen LogP contribution in [0.4, 0.5) is 14.6 Å². The quantitative estimate of drug-likeness (QED) is 0.635. The lowest BCUT2D eigenvalue weighted by atomic mass is 9.49. The van der Waals surface area contributed by atoms with Crippen molar-refractivity contribution in [3.05, 3.63) is 41.3 Å². The van der Waals surface area contributed by atoms with Crippen molar-refractivity contribution in [1.82, 2.24) is 14.9 Å². The Kier molecular flexibility index (Phi) is 5.04. The zero-order valence-electron chi connectivity index (χ0n) is 20.1. The van der Waals surface area contributed by atoms with E-state index < -0.39 is 6.29 Å². The molecular weight excluding hydrogens is 466 g/mol. The molecule has 2 aromatic rings. The fourth-order valence-corrected chi connectivity index (χ4v) is 8.07. The number of hydrogen-bond acceptors (Lipinski definition) is 6. The van der Waals surface area contributed by atoms with Crippen molar-refractivity contribution < 1.29 is 23.0 Å². The fraction of sp³-hybridized carbons (Fsp3) is 0.593. The van der Waals surface area contributed by atoms with Gasteiger partial charge in [-0.3, -0.25) is 9.69 Å². The molecule has 3 heterocycles. The number of anilines is 1. The molecule has 0 spiro atoms. The highest BCUT2D eigenvalue weighted by Crippen LogP contribution is 2.61. The van der Waals surface area contributed by atoms with Gasteiger partial charge in [-0.15, -0.1) is 8.78 Å². The summed E-state index contributed by atoms with van der Waals surface area (Å²) in [6, 6.07) is 4.95. The first-order valence-corrected chi connectivity index (χ1v) is 13.1. The molecule has 1 aromatic carbocycles. The van der Waals surface area contributed by atoms with Gasteiger partial charge in [0.1, 0.15) is 12.1 Å². The van der Waals surface area contributed by atoms with Gasteiger partial charge >= 0.3 is 6.29 Å². The van der Waals surface area contributed by atoms with E-state index in [1.807, 2.05) is 0 Å². The van der Waals surface area contributed by atoms with E-state index in [0.717, 1.165) is 29.0 Å². The number of aromatic nitrogens is 2. The first-order valence-electron chi connectivity index (χ1n) is 13.1. The average molecular weight is 497 g/mol. The molecular formula is C27H30F2N4O3. The molecule has 190 valence electrons. The number of carbonyl (C=O) groups is 1. The molecule has 1 amide bonds. The molecule has 0 unspecified atom stereocenters. The molecule has 0 atom stereocenters. The Morgan fingerprint density at radius 2 is 1.83 bits per heavy atom. The minimum atomic E-state index is -3.64. The third kappa shape index (κ3) is 4.01. The standard InChI is InChI=1S/C27H30F2N4O3/c28-27(29)35-22-3-1-2-19(24(22)36-27)13-33-5-4-20-21(14-33)30-15-31-25(20)32-23(34)12-26-9-16-6-17(10-26)8-18(7-16)11-26/h1-3,15-18H,4-14H2,(H,30,31,32,34). The molecule has 7 nitrogen and oxygen atoms in total. The monoisotopic (exact) mass is 496 g/mol. The van der Waals surface area contributed by atoms with E-state index in [9.17, 15) is 13.6 Å². The second-order valence-corrected chi connectivity index (χ2v) is 11.7. The maximum Gasteiger partial charge on any atom is 0.586 e. The molecule has 2 aliphatic heterocycles. The first-order chi connectivity index (χ1) is 17.3. The van der Waals surface area contributed by atoms with Crippen molar-refractivity contribution >= 4 is 11.7 Å². The van der Waals surface area contributed by atoms with Crippen molar-refractivity contribution in [2.24, 2.45) is 23.2 Å². The van der Waals surface area contributed by atoms with Crippen molar-refractivity contribution in [2.75, 3.05) is 11.9 Å². The van der Waals surface area contributed by atoms with E-state index in [1.165, 1.54) is 50.9 Å². The van der Waals surface area contributed by atoms with Crippen LogP contribution in [0.2, 0.25) is 0 Å². The lowest BCUT2D eigenvalue weighted by Gasteiger charge is -2.56. The van der Waals surface area contributed by atoms with Crippen LogP contribution in [0.25, 0.3) is 0 Å². The lowest BCUT2D eigenvalue weighted by molar-refractivity contribution is -0.287. The van der Waals surface area contributed by atoms with E-state index >= 15 is 0 Å². The minimum absolute atomic E-state index is 0.0567. The van der Waals surface area contributed by atoms with Crippen LogP contribution in [0.5, 0.6) is 11.5 Å². The molecule has 4 bridgehead atoms. The summed E-state index contributed by atoms with van der Waals surface area (Å²) in [4.78, 5) is 24.2. The van der Waals surface area contributed by atoms with Gasteiger partial charge in [-0.05, 0) is 74.2 Å². The molecule has 6 aliphatic rings. The Morgan fingerprint density at radius 1 is 1.08 bits per heavy atom. The summed E-state index contributed by atoms with van der Waals surface area (Å²) >= 11 is 0. The predicted molar refractivity (Wildman–Crippen MR) is 126 cm³/mol. The van der Waals surface area contributed by atoms with Crippen LogP contribution in [-0.4, -0.2) is 33.6 Å². The number of carbonyl (C=O) groups excluding carboxylic acids is 1. The lowest BCUT2D eigenvalue weighted by Crippen LogP contribution is -2.47. The fourth-order valence-electron chi connectivity index (χ4n) is 8.07. The van der Waals surface area contributed by atoms with Gasteiger partial charge in [0.25, 0.3) is 0 Å². The molecule has 9 heteroatoms. The molecule has 1 aromatic heterocycles. The summed E-state index contributed by atoms with van der Waals surface area (Å²) in [5, 5.41) is 3.12. The van der Waals surface area contributed by atoms with Crippen LogP contribution in [-0.2, 0) is 24.3 Å². The Balaban J connectivity index is 1.03. The first kappa shape index (κ1) is 22.4. The van der Waals surface area contributed by atoms with Crippen LogP contribution in [0.3, 0.4) is 0 Å². The molecule has 4 saturated carbocycles. The molecule has 8 rings (SSSR count). The Morgan fingerprint density at radius 3 is 2.58 bits per heavy atom. The van der Waals surface area contributed by atoms with Crippen LogP contribution in [0.15, 0.2) is 24.5 Å². The molecule has 36 heavy (non-hydrogen) atoms. The number of hydrogen-bond donors (Lipinski definition) is 1. The third-order valence-electron chi connectivity index (χ3n) is 8.95. The number of rotatable bonds is 5. The molecule has 4 fully saturated rings. The van der Waals surface area contributed by atoms with Crippen molar-refractivity contribution in [3.63, 3.8) is 0 Å². The highest BCUT2D eigenvalue weighted by Gasteiger charge is 2.51. The average Bonchev–Trinajstić information content (AvgIpc) is 3.13. The van der Waals surface area contributed by atoms with Gasteiger partial charge in [0.2, 0.25) is 5.91 Å². The predicted octanol–water partition coefficient (Wildman–Crippen LogP) is 4.90. The highest BCUT2D eigenvalue weighted by molar-refractivity contribution is 5.91. The number of alkyl halides is 2. The highest BCUT2D eigenvalue weighted by atomic mass is 19.3. The Labute approximate surface area is 208 Å². The number of ether oxygens (including phenoxy) is 2. The van der Waals surface area contributed by atoms with E-state index in [-0.39, 0.29) is 22.8 Å². The van der Waals surface area contributed by atoms with Crippen molar-refractivity contribution in [3.8, 4) is 11.5 Å². The van der Waals surface area contributed by atoms with E-state index in [2.05, 4.69) is 24.9 Å². The summed E-state index contributed by atoms with van der Waals surface area (Å²) < 4.78 is 36.5. The summed E-state index contributed by atoms with van der Waals surface area (Å²) in [6.45, 7) is 1.66. The van der Waals surface area contributed by atoms with Crippen LogP contribution < -0.4 is 14.8 Å². The minimum Gasteiger partial charge on any atom is -0.395 e. The van der Waals surface area contributed by atoms with Crippen LogP contribution in [0.1, 0.15) is 61.8 Å². The molecule has 0 radical (unpaired) electrons. The number of para-hydroxylation sites is 1. The van der Waals surface area contributed by atoms with Crippen molar-refractivity contribution in [2.45, 2.75) is 70.8 Å². The van der Waals surface area contributed by atoms with E-state index in [1.54, 1.807) is 12.1 Å². The zero-order chi connectivity index (χ0) is 24.5. The maximum absolute atomic E-state index is 13.6. The summed E-state index contributed by atoms with van der Waals surface area (Å²) in [5.41, 5.74) is 2.65. The maximum atomic E-state index is 13.6. The second-order valence-electron chi connectivity index (χ2n) is 11.7. The number of nitrogens with one attached hydrogen (secondary N) is 1. The number of fused-ring (bicyclic) bond motifs is 2. The number of benzene rings is 1. The largest absolute Gasteiger partial charge is 0.586 e. The van der Waals surface area contributed by atoms with Gasteiger partial charge in [-0.1, -0.05) is 12.1 Å². The second kappa shape index (κ2) is 8.10. The van der Waals surface area contributed by atoms with Gasteiger partial charge in [0.05, 0.1) is 5.69 Å².